The molecule has 0 aliphatic rings. The van der Waals surface area contributed by atoms with Crippen molar-refractivity contribution in [1.29, 1.82) is 0 Å². The molecule has 0 unspecified atom stereocenters. The number of hydrogen-bond acceptors (Lipinski definition) is 2. The monoisotopic (exact) mass is 273 g/mol. The van der Waals surface area contributed by atoms with Crippen molar-refractivity contribution in [3.8, 4) is 0 Å². The van der Waals surface area contributed by atoms with Gasteiger partial charge in [-0.3, -0.25) is 4.79 Å². The van der Waals surface area contributed by atoms with Crippen LogP contribution < -0.4 is 0 Å². The summed E-state index contributed by atoms with van der Waals surface area (Å²) in [6, 6.07) is 20.7. The van der Waals surface area contributed by atoms with Gasteiger partial charge in [0, 0.05) is 10.9 Å². The molecule has 3 aromatic rings. The number of fused-ring (bicyclic) bond motifs is 1. The topological polar surface area (TPSA) is 30.0 Å². The standard InChI is InChI=1S/C16H11NO.K.H/c18-16(13-7-2-1-3-8-13)15-11-10-12-6-4-5-9-14(12)17-15;;/h1-11H;;. The fraction of sp³-hybridized carbons (Fsp3) is 0. The number of carbonyl (C=O) groups is 1. The van der Waals surface area contributed by atoms with E-state index < -0.39 is 0 Å². The molecule has 0 fully saturated rings. The zero-order valence-corrected chi connectivity index (χ0v) is 9.71. The summed E-state index contributed by atoms with van der Waals surface area (Å²) in [5.74, 6) is -0.0404. The summed E-state index contributed by atoms with van der Waals surface area (Å²) in [5, 5.41) is 1.04. The molecule has 1 aromatic heterocycles. The molecule has 0 N–H and O–H groups in total. The number of ketones is 1. The molecule has 0 saturated carbocycles. The second-order valence-corrected chi connectivity index (χ2v) is 4.08. The predicted molar refractivity (Wildman–Crippen MR) is 78.8 cm³/mol. The van der Waals surface area contributed by atoms with Gasteiger partial charge in [-0.05, 0) is 12.1 Å². The Morgan fingerprint density at radius 3 is 2.26 bits per heavy atom. The van der Waals surface area contributed by atoms with Crippen LogP contribution in [0.2, 0.25) is 0 Å². The van der Waals surface area contributed by atoms with Crippen molar-refractivity contribution in [3.05, 3.63) is 78.0 Å². The van der Waals surface area contributed by atoms with E-state index in [1.807, 2.05) is 48.5 Å². The second-order valence-electron chi connectivity index (χ2n) is 4.08. The fourth-order valence-electron chi connectivity index (χ4n) is 1.93. The average molecular weight is 273 g/mol. The van der Waals surface area contributed by atoms with Gasteiger partial charge in [-0.15, -0.1) is 0 Å². The van der Waals surface area contributed by atoms with E-state index in [0.717, 1.165) is 10.9 Å². The zero-order chi connectivity index (χ0) is 12.4. The normalized spacial score (nSPS) is 9.89. The van der Waals surface area contributed by atoms with Crippen molar-refractivity contribution >= 4 is 68.1 Å². The first-order valence-electron chi connectivity index (χ1n) is 5.80. The van der Waals surface area contributed by atoms with Crippen LogP contribution in [0.25, 0.3) is 10.9 Å². The van der Waals surface area contributed by atoms with Gasteiger partial charge in [-0.1, -0.05) is 54.6 Å². The first kappa shape index (κ1) is 14.6. The van der Waals surface area contributed by atoms with Crippen LogP contribution in [-0.2, 0) is 0 Å². The molecule has 0 spiro atoms. The molecule has 19 heavy (non-hydrogen) atoms. The van der Waals surface area contributed by atoms with Crippen molar-refractivity contribution < 1.29 is 4.79 Å². The van der Waals surface area contributed by atoms with E-state index in [0.29, 0.717) is 11.3 Å². The molecular formula is C16H12KNO. The van der Waals surface area contributed by atoms with E-state index in [-0.39, 0.29) is 57.2 Å². The van der Waals surface area contributed by atoms with Crippen molar-refractivity contribution in [3.63, 3.8) is 0 Å². The van der Waals surface area contributed by atoms with Crippen LogP contribution in [0.15, 0.2) is 66.7 Å². The molecule has 88 valence electrons. The van der Waals surface area contributed by atoms with Gasteiger partial charge in [0.2, 0.25) is 5.78 Å². The van der Waals surface area contributed by atoms with Crippen LogP contribution in [0, 0.1) is 0 Å². The Morgan fingerprint density at radius 2 is 1.47 bits per heavy atom. The molecule has 0 bridgehead atoms. The molecule has 3 heteroatoms. The molecule has 0 aliphatic carbocycles. The maximum absolute atomic E-state index is 12.2. The number of hydrogen-bond donors (Lipinski definition) is 0. The second kappa shape index (κ2) is 6.55. The van der Waals surface area contributed by atoms with Crippen LogP contribution in [0.1, 0.15) is 16.1 Å². The summed E-state index contributed by atoms with van der Waals surface area (Å²) >= 11 is 0. The summed E-state index contributed by atoms with van der Waals surface area (Å²) in [6.07, 6.45) is 0. The van der Waals surface area contributed by atoms with Crippen LogP contribution >= 0.6 is 0 Å². The predicted octanol–water partition coefficient (Wildman–Crippen LogP) is 2.82. The van der Waals surface area contributed by atoms with Crippen molar-refractivity contribution in [1.82, 2.24) is 4.98 Å². The minimum atomic E-state index is -0.0404. The molecule has 0 saturated heterocycles. The number of aromatic nitrogens is 1. The minimum absolute atomic E-state index is 0. The van der Waals surface area contributed by atoms with Gasteiger partial charge in [0.1, 0.15) is 5.69 Å². The first-order chi connectivity index (χ1) is 8.84. The van der Waals surface area contributed by atoms with E-state index in [4.69, 9.17) is 0 Å². The van der Waals surface area contributed by atoms with Crippen LogP contribution in [0.5, 0.6) is 0 Å². The first-order valence-corrected chi connectivity index (χ1v) is 5.80. The van der Waals surface area contributed by atoms with Gasteiger partial charge >= 0.3 is 51.4 Å². The van der Waals surface area contributed by atoms with E-state index in [9.17, 15) is 4.79 Å². The third-order valence-corrected chi connectivity index (χ3v) is 2.87. The number of benzene rings is 2. The van der Waals surface area contributed by atoms with Gasteiger partial charge in [0.15, 0.2) is 0 Å². The van der Waals surface area contributed by atoms with Crippen molar-refractivity contribution in [2.45, 2.75) is 0 Å². The fourth-order valence-corrected chi connectivity index (χ4v) is 1.93. The maximum atomic E-state index is 12.2. The summed E-state index contributed by atoms with van der Waals surface area (Å²) in [6.45, 7) is 0. The Labute approximate surface area is 154 Å². The third kappa shape index (κ3) is 3.19. The van der Waals surface area contributed by atoms with Gasteiger partial charge in [0.25, 0.3) is 0 Å². The number of carbonyl (C=O) groups excluding carboxylic acids is 1. The van der Waals surface area contributed by atoms with Crippen molar-refractivity contribution in [2.75, 3.05) is 0 Å². The molecule has 0 atom stereocenters. The summed E-state index contributed by atoms with van der Waals surface area (Å²) in [4.78, 5) is 16.6. The van der Waals surface area contributed by atoms with Gasteiger partial charge < -0.3 is 0 Å². The van der Waals surface area contributed by atoms with E-state index in [2.05, 4.69) is 4.98 Å². The van der Waals surface area contributed by atoms with Crippen LogP contribution in [0.3, 0.4) is 0 Å². The van der Waals surface area contributed by atoms with Crippen molar-refractivity contribution in [2.24, 2.45) is 0 Å². The summed E-state index contributed by atoms with van der Waals surface area (Å²) in [5.41, 5.74) is 2.00. The molecule has 2 nitrogen and oxygen atoms in total. The Morgan fingerprint density at radius 1 is 0.789 bits per heavy atom. The quantitative estimate of drug-likeness (QED) is 0.531. The van der Waals surface area contributed by atoms with Gasteiger partial charge in [-0.25, -0.2) is 4.98 Å². The van der Waals surface area contributed by atoms with E-state index in [1.54, 1.807) is 18.2 Å². The Hall–Kier alpha value is -0.844. The molecule has 0 amide bonds. The number of para-hydroxylation sites is 1. The van der Waals surface area contributed by atoms with Gasteiger partial charge in [0.05, 0.1) is 5.52 Å². The Kier molecular flexibility index (Phi) is 5.02. The molecule has 0 aliphatic heterocycles. The summed E-state index contributed by atoms with van der Waals surface area (Å²) < 4.78 is 0. The number of rotatable bonds is 2. The van der Waals surface area contributed by atoms with Gasteiger partial charge in [-0.2, -0.15) is 0 Å². The zero-order valence-electron chi connectivity index (χ0n) is 9.71. The summed E-state index contributed by atoms with van der Waals surface area (Å²) in [7, 11) is 0. The van der Waals surface area contributed by atoms with E-state index >= 15 is 0 Å². The molecule has 2 aromatic carbocycles. The SMILES string of the molecule is O=C(c1ccccc1)c1ccc2ccccc2n1.[KH]. The van der Waals surface area contributed by atoms with Crippen LogP contribution in [0.4, 0.5) is 0 Å². The van der Waals surface area contributed by atoms with E-state index in [1.165, 1.54) is 0 Å². The van der Waals surface area contributed by atoms with Crippen LogP contribution in [-0.4, -0.2) is 62.2 Å². The molecular weight excluding hydrogens is 261 g/mol. The molecule has 1 heterocycles. The number of pyridine rings is 1. The molecule has 3 rings (SSSR count). The third-order valence-electron chi connectivity index (χ3n) is 2.87. The number of nitrogens with zero attached hydrogens (tertiary/aromatic N) is 1. The molecule has 0 radical (unpaired) electrons. The Bertz CT molecular complexity index is 710. The Balaban J connectivity index is 0.00000133. The average Bonchev–Trinajstić information content (AvgIpc) is 2.47.